The molecule has 5 heteroatoms. The van der Waals surface area contributed by atoms with E-state index in [1.807, 2.05) is 42.5 Å². The number of piperazine rings is 1. The number of hydrogen-bond acceptors (Lipinski definition) is 2. The monoisotopic (exact) mass is 369 g/mol. The lowest BCUT2D eigenvalue weighted by molar-refractivity contribution is -1.00. The second-order valence-corrected chi connectivity index (χ2v) is 7.34. The first-order chi connectivity index (χ1) is 13.2. The average Bonchev–Trinajstić information content (AvgIpc) is 2.72. The van der Waals surface area contributed by atoms with Gasteiger partial charge in [0.15, 0.2) is 6.61 Å². The van der Waals surface area contributed by atoms with Crippen LogP contribution in [0.4, 0.5) is 0 Å². The Kier molecular flexibility index (Phi) is 7.25. The third kappa shape index (κ3) is 6.38. The summed E-state index contributed by atoms with van der Waals surface area (Å²) in [6.07, 6.45) is 1.02. The molecule has 2 aromatic rings. The van der Waals surface area contributed by atoms with Crippen molar-refractivity contribution < 1.29 is 19.3 Å². The highest BCUT2D eigenvalue weighted by Crippen LogP contribution is 2.21. The van der Waals surface area contributed by atoms with Crippen molar-refractivity contribution in [2.24, 2.45) is 0 Å². The first-order valence-corrected chi connectivity index (χ1v) is 9.90. The van der Waals surface area contributed by atoms with E-state index in [1.165, 1.54) is 31.7 Å². The SMILES string of the molecule is C[NH+]1CC[NH+](CCCNC(=O)COc2ccc(-c3ccccc3)cc2)CC1. The van der Waals surface area contributed by atoms with Gasteiger partial charge in [-0.3, -0.25) is 4.79 Å². The van der Waals surface area contributed by atoms with E-state index in [-0.39, 0.29) is 12.5 Å². The first kappa shape index (κ1) is 19.4. The van der Waals surface area contributed by atoms with Crippen LogP contribution in [0.1, 0.15) is 6.42 Å². The fourth-order valence-corrected chi connectivity index (χ4v) is 3.42. The summed E-state index contributed by atoms with van der Waals surface area (Å²) in [6.45, 7) is 6.90. The maximum atomic E-state index is 12.0. The van der Waals surface area contributed by atoms with Crippen LogP contribution >= 0.6 is 0 Å². The van der Waals surface area contributed by atoms with Gasteiger partial charge in [-0.05, 0) is 23.3 Å². The standard InChI is InChI=1S/C22H29N3O2/c1-24-14-16-25(17-15-24)13-5-12-23-22(26)18-27-21-10-8-20(9-11-21)19-6-3-2-4-7-19/h2-4,6-11H,5,12-18H2,1H3,(H,23,26)/p+2. The third-order valence-corrected chi connectivity index (χ3v) is 5.17. The van der Waals surface area contributed by atoms with Crippen molar-refractivity contribution in [1.82, 2.24) is 5.32 Å². The van der Waals surface area contributed by atoms with Gasteiger partial charge in [-0.15, -0.1) is 0 Å². The molecule has 1 amide bonds. The Bertz CT molecular complexity index is 695. The van der Waals surface area contributed by atoms with E-state index in [9.17, 15) is 4.79 Å². The minimum Gasteiger partial charge on any atom is -0.484 e. The van der Waals surface area contributed by atoms with E-state index in [0.717, 1.165) is 25.1 Å². The van der Waals surface area contributed by atoms with Crippen molar-refractivity contribution in [3.8, 4) is 16.9 Å². The molecule has 0 unspecified atom stereocenters. The number of rotatable bonds is 8. The lowest BCUT2D eigenvalue weighted by atomic mass is 10.1. The molecule has 27 heavy (non-hydrogen) atoms. The largest absolute Gasteiger partial charge is 0.484 e. The summed E-state index contributed by atoms with van der Waals surface area (Å²) < 4.78 is 5.60. The summed E-state index contributed by atoms with van der Waals surface area (Å²) in [5, 5.41) is 2.96. The summed E-state index contributed by atoms with van der Waals surface area (Å²) in [5.41, 5.74) is 2.31. The second-order valence-electron chi connectivity index (χ2n) is 7.34. The third-order valence-electron chi connectivity index (χ3n) is 5.17. The average molecular weight is 370 g/mol. The quantitative estimate of drug-likeness (QED) is 0.557. The van der Waals surface area contributed by atoms with E-state index in [4.69, 9.17) is 4.74 Å². The van der Waals surface area contributed by atoms with Crippen LogP contribution in [0, 0.1) is 0 Å². The molecule has 0 spiro atoms. The van der Waals surface area contributed by atoms with Gasteiger partial charge in [-0.25, -0.2) is 0 Å². The van der Waals surface area contributed by atoms with E-state index >= 15 is 0 Å². The van der Waals surface area contributed by atoms with Crippen molar-refractivity contribution in [1.29, 1.82) is 0 Å². The van der Waals surface area contributed by atoms with Gasteiger partial charge in [0.2, 0.25) is 0 Å². The van der Waals surface area contributed by atoms with Crippen molar-refractivity contribution in [2.75, 3.05) is 52.9 Å². The smallest absolute Gasteiger partial charge is 0.257 e. The van der Waals surface area contributed by atoms with Crippen molar-refractivity contribution in [3.05, 3.63) is 54.6 Å². The van der Waals surface area contributed by atoms with E-state index in [0.29, 0.717) is 5.75 Å². The van der Waals surface area contributed by atoms with Crippen LogP contribution in [0.2, 0.25) is 0 Å². The van der Waals surface area contributed by atoms with Gasteiger partial charge in [0.05, 0.1) is 13.6 Å². The number of benzene rings is 2. The number of hydrogen-bond donors (Lipinski definition) is 3. The highest BCUT2D eigenvalue weighted by atomic mass is 16.5. The molecule has 3 N–H and O–H groups in total. The Morgan fingerprint density at radius 3 is 2.33 bits per heavy atom. The fourth-order valence-electron chi connectivity index (χ4n) is 3.42. The molecule has 1 saturated heterocycles. The molecule has 144 valence electrons. The molecule has 0 aromatic heterocycles. The highest BCUT2D eigenvalue weighted by Gasteiger charge is 2.18. The molecule has 1 aliphatic heterocycles. The minimum absolute atomic E-state index is 0.0556. The zero-order chi connectivity index (χ0) is 18.9. The van der Waals surface area contributed by atoms with Gasteiger partial charge in [0.25, 0.3) is 5.91 Å². The molecule has 5 nitrogen and oxygen atoms in total. The summed E-state index contributed by atoms with van der Waals surface area (Å²) in [7, 11) is 2.26. The number of carbonyl (C=O) groups excluding carboxylic acids is 1. The molecule has 3 rings (SSSR count). The molecule has 1 aliphatic rings. The Hall–Kier alpha value is -2.37. The van der Waals surface area contributed by atoms with Gasteiger partial charge in [0.1, 0.15) is 31.9 Å². The number of likely N-dealkylation sites (N-methyl/N-ethyl adjacent to an activating group) is 1. The molecule has 1 fully saturated rings. The van der Waals surface area contributed by atoms with Crippen LogP contribution in [-0.4, -0.2) is 58.8 Å². The lowest BCUT2D eigenvalue weighted by Crippen LogP contribution is -3.27. The number of nitrogens with one attached hydrogen (secondary N) is 3. The molecule has 2 aromatic carbocycles. The summed E-state index contributed by atoms with van der Waals surface area (Å²) in [5.74, 6) is 0.661. The van der Waals surface area contributed by atoms with Gasteiger partial charge < -0.3 is 19.9 Å². The lowest BCUT2D eigenvalue weighted by Gasteiger charge is -2.27. The highest BCUT2D eigenvalue weighted by molar-refractivity contribution is 5.77. The van der Waals surface area contributed by atoms with Gasteiger partial charge in [-0.1, -0.05) is 42.5 Å². The van der Waals surface area contributed by atoms with E-state index in [1.54, 1.807) is 9.80 Å². The second kappa shape index (κ2) is 10.1. The van der Waals surface area contributed by atoms with Crippen LogP contribution in [0.5, 0.6) is 5.75 Å². The van der Waals surface area contributed by atoms with Crippen molar-refractivity contribution >= 4 is 5.91 Å². The van der Waals surface area contributed by atoms with Crippen LogP contribution in [0.25, 0.3) is 11.1 Å². The van der Waals surface area contributed by atoms with E-state index < -0.39 is 0 Å². The summed E-state index contributed by atoms with van der Waals surface area (Å²) in [4.78, 5) is 15.2. The maximum absolute atomic E-state index is 12.0. The molecule has 0 saturated carbocycles. The Morgan fingerprint density at radius 1 is 0.963 bits per heavy atom. The van der Waals surface area contributed by atoms with Crippen LogP contribution in [0.3, 0.4) is 0 Å². The molecule has 0 radical (unpaired) electrons. The Balaban J connectivity index is 1.32. The minimum atomic E-state index is -0.0556. The number of quaternary nitrogens is 2. The number of carbonyl (C=O) groups is 1. The van der Waals surface area contributed by atoms with Gasteiger partial charge >= 0.3 is 0 Å². The van der Waals surface area contributed by atoms with Crippen molar-refractivity contribution in [3.63, 3.8) is 0 Å². The van der Waals surface area contributed by atoms with Crippen LogP contribution in [0.15, 0.2) is 54.6 Å². The molecule has 0 aliphatic carbocycles. The van der Waals surface area contributed by atoms with Gasteiger partial charge in [0, 0.05) is 13.0 Å². The van der Waals surface area contributed by atoms with E-state index in [2.05, 4.69) is 24.5 Å². The first-order valence-electron chi connectivity index (χ1n) is 9.90. The molecule has 1 heterocycles. The van der Waals surface area contributed by atoms with Crippen LogP contribution in [-0.2, 0) is 4.79 Å². The van der Waals surface area contributed by atoms with Gasteiger partial charge in [-0.2, -0.15) is 0 Å². The zero-order valence-corrected chi connectivity index (χ0v) is 16.2. The zero-order valence-electron chi connectivity index (χ0n) is 16.2. The normalized spacial score (nSPS) is 19.4. The molecular formula is C22H31N3O2+2. The number of amides is 1. The molecular weight excluding hydrogens is 338 g/mol. The fraction of sp³-hybridized carbons (Fsp3) is 0.409. The Morgan fingerprint density at radius 2 is 1.63 bits per heavy atom. The molecule has 0 atom stereocenters. The molecule has 0 bridgehead atoms. The summed E-state index contributed by atoms with van der Waals surface area (Å²) >= 11 is 0. The maximum Gasteiger partial charge on any atom is 0.257 e. The van der Waals surface area contributed by atoms with Crippen LogP contribution < -0.4 is 19.9 Å². The summed E-state index contributed by atoms with van der Waals surface area (Å²) in [6, 6.07) is 18.1. The Labute approximate surface area is 161 Å². The number of ether oxygens (including phenoxy) is 1. The predicted octanol–water partition coefficient (Wildman–Crippen LogP) is -0.348. The topological polar surface area (TPSA) is 47.2 Å². The van der Waals surface area contributed by atoms with Crippen molar-refractivity contribution in [2.45, 2.75) is 6.42 Å². The predicted molar refractivity (Wildman–Crippen MR) is 107 cm³/mol.